The second-order valence-electron chi connectivity index (χ2n) is 7.00. The van der Waals surface area contributed by atoms with Crippen LogP contribution in [-0.4, -0.2) is 34.5 Å². The Labute approximate surface area is 126 Å². The number of rotatable bonds is 5. The normalized spacial score (nSPS) is 12.1. The molecule has 2 amide bonds. The molecule has 1 heterocycles. The third-order valence-electron chi connectivity index (χ3n) is 3.19. The molecule has 0 fully saturated rings. The van der Waals surface area contributed by atoms with E-state index < -0.39 is 0 Å². The number of carbonyl (C=O) groups is 1. The molecular weight excluding hydrogens is 268 g/mol. The van der Waals surface area contributed by atoms with E-state index in [1.807, 2.05) is 19.9 Å². The lowest BCUT2D eigenvalue weighted by Crippen LogP contribution is -2.37. The SMILES string of the molecule is CC(C)(CCO)CNC(=O)Nc1ccc(C(C)(C)C)nn1. The van der Waals surface area contributed by atoms with Crippen molar-refractivity contribution in [3.05, 3.63) is 17.8 Å². The zero-order valence-corrected chi connectivity index (χ0v) is 13.5. The van der Waals surface area contributed by atoms with Gasteiger partial charge in [0.1, 0.15) is 0 Å². The first-order valence-corrected chi connectivity index (χ1v) is 7.14. The van der Waals surface area contributed by atoms with Crippen LogP contribution in [0.1, 0.15) is 46.7 Å². The predicted octanol–water partition coefficient (Wildman–Crippen LogP) is 2.30. The monoisotopic (exact) mass is 294 g/mol. The first-order chi connectivity index (χ1) is 9.64. The Morgan fingerprint density at radius 2 is 1.86 bits per heavy atom. The molecule has 1 rings (SSSR count). The van der Waals surface area contributed by atoms with Crippen LogP contribution in [0.25, 0.3) is 0 Å². The van der Waals surface area contributed by atoms with E-state index in [0.717, 1.165) is 5.69 Å². The molecule has 118 valence electrons. The van der Waals surface area contributed by atoms with Gasteiger partial charge in [0.2, 0.25) is 0 Å². The van der Waals surface area contributed by atoms with Gasteiger partial charge in [-0.15, -0.1) is 5.10 Å². The van der Waals surface area contributed by atoms with E-state index in [1.165, 1.54) is 0 Å². The van der Waals surface area contributed by atoms with Crippen molar-refractivity contribution >= 4 is 11.8 Å². The maximum absolute atomic E-state index is 11.8. The lowest BCUT2D eigenvalue weighted by molar-refractivity contribution is 0.204. The molecule has 1 aromatic heterocycles. The molecule has 3 N–H and O–H groups in total. The molecular formula is C15H26N4O2. The van der Waals surface area contributed by atoms with Gasteiger partial charge in [0.25, 0.3) is 0 Å². The molecule has 0 aliphatic rings. The van der Waals surface area contributed by atoms with Crippen LogP contribution in [0.4, 0.5) is 10.6 Å². The molecule has 0 saturated heterocycles. The van der Waals surface area contributed by atoms with E-state index in [1.54, 1.807) is 6.07 Å². The summed E-state index contributed by atoms with van der Waals surface area (Å²) in [5, 5.41) is 22.5. The molecule has 0 saturated carbocycles. The number of hydrogen-bond donors (Lipinski definition) is 3. The van der Waals surface area contributed by atoms with Crippen LogP contribution < -0.4 is 10.6 Å². The van der Waals surface area contributed by atoms with Gasteiger partial charge in [-0.1, -0.05) is 34.6 Å². The fourth-order valence-corrected chi connectivity index (χ4v) is 1.67. The van der Waals surface area contributed by atoms with E-state index in [-0.39, 0.29) is 23.5 Å². The van der Waals surface area contributed by atoms with Crippen LogP contribution in [0.15, 0.2) is 12.1 Å². The molecule has 0 spiro atoms. The Kier molecular flexibility index (Phi) is 5.66. The minimum Gasteiger partial charge on any atom is -0.396 e. The van der Waals surface area contributed by atoms with E-state index in [4.69, 9.17) is 5.11 Å². The van der Waals surface area contributed by atoms with Gasteiger partial charge in [-0.05, 0) is 24.0 Å². The Morgan fingerprint density at radius 3 is 2.33 bits per heavy atom. The number of urea groups is 1. The second kappa shape index (κ2) is 6.85. The van der Waals surface area contributed by atoms with Crippen molar-refractivity contribution in [2.75, 3.05) is 18.5 Å². The summed E-state index contributed by atoms with van der Waals surface area (Å²) in [6.07, 6.45) is 0.632. The third kappa shape index (κ3) is 6.08. The highest BCUT2D eigenvalue weighted by atomic mass is 16.3. The van der Waals surface area contributed by atoms with E-state index >= 15 is 0 Å². The number of aliphatic hydroxyl groups excluding tert-OH is 1. The molecule has 6 nitrogen and oxygen atoms in total. The average Bonchev–Trinajstić information content (AvgIpc) is 2.36. The van der Waals surface area contributed by atoms with Gasteiger partial charge in [0.05, 0.1) is 5.69 Å². The van der Waals surface area contributed by atoms with Gasteiger partial charge in [-0.25, -0.2) is 4.79 Å². The zero-order chi connectivity index (χ0) is 16.1. The van der Waals surface area contributed by atoms with Crippen molar-refractivity contribution in [2.45, 2.75) is 46.5 Å². The van der Waals surface area contributed by atoms with Crippen molar-refractivity contribution in [1.29, 1.82) is 0 Å². The molecule has 0 aromatic carbocycles. The lowest BCUT2D eigenvalue weighted by Gasteiger charge is -2.23. The number of aliphatic hydroxyl groups is 1. The summed E-state index contributed by atoms with van der Waals surface area (Å²) >= 11 is 0. The molecule has 0 atom stereocenters. The van der Waals surface area contributed by atoms with E-state index in [9.17, 15) is 4.79 Å². The standard InChI is InChI=1S/C15H26N4O2/c1-14(2,3)11-6-7-12(19-18-11)17-13(21)16-10-15(4,5)8-9-20/h6-7,20H,8-10H2,1-5H3,(H2,16,17,19,21). The first-order valence-electron chi connectivity index (χ1n) is 7.14. The number of amides is 2. The molecule has 0 unspecified atom stereocenters. The number of nitrogens with zero attached hydrogens (tertiary/aromatic N) is 2. The summed E-state index contributed by atoms with van der Waals surface area (Å²) in [4.78, 5) is 11.8. The highest BCUT2D eigenvalue weighted by molar-refractivity contribution is 5.88. The maximum atomic E-state index is 11.8. The molecule has 21 heavy (non-hydrogen) atoms. The molecule has 1 aromatic rings. The molecule has 0 aliphatic carbocycles. The van der Waals surface area contributed by atoms with Crippen LogP contribution in [0.2, 0.25) is 0 Å². The summed E-state index contributed by atoms with van der Waals surface area (Å²) in [5.74, 6) is 0.417. The summed E-state index contributed by atoms with van der Waals surface area (Å²) < 4.78 is 0. The zero-order valence-electron chi connectivity index (χ0n) is 13.5. The highest BCUT2D eigenvalue weighted by Crippen LogP contribution is 2.20. The first kappa shape index (κ1) is 17.4. The highest BCUT2D eigenvalue weighted by Gasteiger charge is 2.19. The Bertz CT molecular complexity index is 464. The number of nitrogens with one attached hydrogen (secondary N) is 2. The fraction of sp³-hybridized carbons (Fsp3) is 0.667. The predicted molar refractivity (Wildman–Crippen MR) is 83.2 cm³/mol. The molecule has 6 heteroatoms. The Balaban J connectivity index is 2.52. The largest absolute Gasteiger partial charge is 0.396 e. The summed E-state index contributed by atoms with van der Waals surface area (Å²) in [7, 11) is 0. The van der Waals surface area contributed by atoms with Gasteiger partial charge in [-0.2, -0.15) is 5.10 Å². The van der Waals surface area contributed by atoms with Gasteiger partial charge < -0.3 is 10.4 Å². The van der Waals surface area contributed by atoms with Crippen molar-refractivity contribution < 1.29 is 9.90 Å². The quantitative estimate of drug-likeness (QED) is 0.777. The van der Waals surface area contributed by atoms with Crippen molar-refractivity contribution in [3.63, 3.8) is 0 Å². The lowest BCUT2D eigenvalue weighted by atomic mass is 9.90. The van der Waals surface area contributed by atoms with Crippen LogP contribution >= 0.6 is 0 Å². The summed E-state index contributed by atoms with van der Waals surface area (Å²) in [5.41, 5.74) is 0.660. The topological polar surface area (TPSA) is 87.1 Å². The summed E-state index contributed by atoms with van der Waals surface area (Å²) in [6, 6.07) is 3.28. The Hall–Kier alpha value is -1.69. The maximum Gasteiger partial charge on any atom is 0.320 e. The van der Waals surface area contributed by atoms with E-state index in [2.05, 4.69) is 41.6 Å². The van der Waals surface area contributed by atoms with Gasteiger partial charge >= 0.3 is 6.03 Å². The Morgan fingerprint density at radius 1 is 1.19 bits per heavy atom. The number of hydrogen-bond acceptors (Lipinski definition) is 4. The van der Waals surface area contributed by atoms with Gasteiger partial charge in [-0.3, -0.25) is 5.32 Å². The van der Waals surface area contributed by atoms with Crippen molar-refractivity contribution in [3.8, 4) is 0 Å². The number of aromatic nitrogens is 2. The van der Waals surface area contributed by atoms with E-state index in [0.29, 0.717) is 18.8 Å². The molecule has 0 bridgehead atoms. The van der Waals surface area contributed by atoms with Gasteiger partial charge in [0.15, 0.2) is 5.82 Å². The number of carbonyl (C=O) groups excluding carboxylic acids is 1. The number of anilines is 1. The third-order valence-corrected chi connectivity index (χ3v) is 3.19. The second-order valence-corrected chi connectivity index (χ2v) is 7.00. The van der Waals surface area contributed by atoms with Crippen molar-refractivity contribution in [2.24, 2.45) is 5.41 Å². The van der Waals surface area contributed by atoms with Crippen LogP contribution in [0, 0.1) is 5.41 Å². The van der Waals surface area contributed by atoms with Crippen LogP contribution in [0.5, 0.6) is 0 Å². The minimum absolute atomic E-state index is 0.0674. The molecule has 0 radical (unpaired) electrons. The smallest absolute Gasteiger partial charge is 0.320 e. The summed E-state index contributed by atoms with van der Waals surface area (Å²) in [6.45, 7) is 10.7. The van der Waals surface area contributed by atoms with Crippen molar-refractivity contribution in [1.82, 2.24) is 15.5 Å². The fourth-order valence-electron chi connectivity index (χ4n) is 1.67. The average molecular weight is 294 g/mol. The van der Waals surface area contributed by atoms with Crippen LogP contribution in [0.3, 0.4) is 0 Å². The minimum atomic E-state index is -0.321. The van der Waals surface area contributed by atoms with Gasteiger partial charge in [0, 0.05) is 18.6 Å². The molecule has 0 aliphatic heterocycles. The van der Waals surface area contributed by atoms with Crippen LogP contribution in [-0.2, 0) is 5.41 Å².